The van der Waals surface area contributed by atoms with E-state index >= 15 is 0 Å². The summed E-state index contributed by atoms with van der Waals surface area (Å²) in [4.78, 5) is 12.6. The number of nitrogens with zero attached hydrogens (tertiary/aromatic N) is 2. The summed E-state index contributed by atoms with van der Waals surface area (Å²) in [5, 5.41) is 11.7. The molecule has 1 aliphatic rings. The van der Waals surface area contributed by atoms with E-state index < -0.39 is 16.0 Å². The molecule has 0 atom stereocenters. The van der Waals surface area contributed by atoms with Crippen LogP contribution in [0.1, 0.15) is 12.8 Å². The number of likely N-dealkylation sites (N-methyl/N-ethyl adjacent to an activating group) is 1. The van der Waals surface area contributed by atoms with E-state index in [1.165, 1.54) is 4.31 Å². The fourth-order valence-electron chi connectivity index (χ4n) is 1.92. The minimum Gasteiger partial charge on any atom is -0.481 e. The van der Waals surface area contributed by atoms with Gasteiger partial charge in [-0.2, -0.15) is 0 Å². The van der Waals surface area contributed by atoms with Crippen molar-refractivity contribution >= 4 is 16.0 Å². The largest absolute Gasteiger partial charge is 0.481 e. The van der Waals surface area contributed by atoms with Gasteiger partial charge in [0.25, 0.3) is 0 Å². The van der Waals surface area contributed by atoms with Gasteiger partial charge in [-0.05, 0) is 6.42 Å². The van der Waals surface area contributed by atoms with Gasteiger partial charge in [-0.3, -0.25) is 9.69 Å². The van der Waals surface area contributed by atoms with Crippen LogP contribution < -0.4 is 5.32 Å². The first-order chi connectivity index (χ1) is 8.92. The summed E-state index contributed by atoms with van der Waals surface area (Å²) in [6.45, 7) is 4.93. The molecule has 0 saturated carbocycles. The van der Waals surface area contributed by atoms with Crippen molar-refractivity contribution in [3.63, 3.8) is 0 Å². The smallest absolute Gasteiger partial charge is 0.303 e. The predicted molar refractivity (Wildman–Crippen MR) is 72.6 cm³/mol. The predicted octanol–water partition coefficient (Wildman–Crippen LogP) is -0.982. The number of carbonyl (C=O) groups is 1. The van der Waals surface area contributed by atoms with E-state index in [1.54, 1.807) is 7.05 Å². The van der Waals surface area contributed by atoms with Gasteiger partial charge in [-0.15, -0.1) is 0 Å². The average molecular weight is 293 g/mol. The van der Waals surface area contributed by atoms with Crippen molar-refractivity contribution in [3.8, 4) is 0 Å². The van der Waals surface area contributed by atoms with E-state index in [-0.39, 0.29) is 18.6 Å². The number of nitrogens with one attached hydrogen (secondary N) is 1. The lowest BCUT2D eigenvalue weighted by Gasteiger charge is -2.28. The second kappa shape index (κ2) is 7.78. The highest BCUT2D eigenvalue weighted by Crippen LogP contribution is 2.03. The van der Waals surface area contributed by atoms with Crippen LogP contribution in [0.3, 0.4) is 0 Å². The fraction of sp³-hybridized carbons (Fsp3) is 0.909. The van der Waals surface area contributed by atoms with Crippen molar-refractivity contribution in [1.82, 2.24) is 14.5 Å². The summed E-state index contributed by atoms with van der Waals surface area (Å²) in [6, 6.07) is 0. The van der Waals surface area contributed by atoms with Crippen molar-refractivity contribution in [2.75, 3.05) is 52.1 Å². The Balaban J connectivity index is 2.29. The van der Waals surface area contributed by atoms with Gasteiger partial charge < -0.3 is 10.4 Å². The van der Waals surface area contributed by atoms with Crippen molar-refractivity contribution in [2.45, 2.75) is 12.8 Å². The first-order valence-corrected chi connectivity index (χ1v) is 8.11. The number of carboxylic acid groups (broad SMARTS) is 1. The highest BCUT2D eigenvalue weighted by molar-refractivity contribution is 7.89. The van der Waals surface area contributed by atoms with Crippen LogP contribution in [0.2, 0.25) is 0 Å². The second-order valence-corrected chi connectivity index (χ2v) is 6.92. The topological polar surface area (TPSA) is 90.0 Å². The Morgan fingerprint density at radius 1 is 1.37 bits per heavy atom. The van der Waals surface area contributed by atoms with Crippen molar-refractivity contribution in [2.24, 2.45) is 0 Å². The van der Waals surface area contributed by atoms with Crippen molar-refractivity contribution < 1.29 is 18.3 Å². The number of sulfonamides is 1. The highest BCUT2D eigenvalue weighted by Gasteiger charge is 2.19. The van der Waals surface area contributed by atoms with E-state index in [2.05, 4.69) is 10.2 Å². The summed E-state index contributed by atoms with van der Waals surface area (Å²) < 4.78 is 25.1. The summed E-state index contributed by atoms with van der Waals surface area (Å²) >= 11 is 0. The Kier molecular flexibility index (Phi) is 6.70. The molecule has 0 bridgehead atoms. The molecular formula is C11H23N3O4S. The van der Waals surface area contributed by atoms with Crippen LogP contribution in [0.5, 0.6) is 0 Å². The molecule has 0 radical (unpaired) electrons. The van der Waals surface area contributed by atoms with Crippen LogP contribution in [0.15, 0.2) is 0 Å². The lowest BCUT2D eigenvalue weighted by atomic mass is 10.3. The zero-order valence-corrected chi connectivity index (χ0v) is 12.2. The molecule has 1 aliphatic heterocycles. The zero-order valence-electron chi connectivity index (χ0n) is 11.3. The Labute approximate surface area is 114 Å². The van der Waals surface area contributed by atoms with Crippen LogP contribution in [0.4, 0.5) is 0 Å². The van der Waals surface area contributed by atoms with Crippen LogP contribution in [-0.2, 0) is 14.8 Å². The summed E-state index contributed by atoms with van der Waals surface area (Å²) in [5.74, 6) is -1.06. The van der Waals surface area contributed by atoms with E-state index in [0.717, 1.165) is 32.7 Å². The van der Waals surface area contributed by atoms with Gasteiger partial charge in [0, 0.05) is 52.7 Å². The van der Waals surface area contributed by atoms with Gasteiger partial charge in [0.15, 0.2) is 0 Å². The van der Waals surface area contributed by atoms with Crippen LogP contribution in [0.25, 0.3) is 0 Å². The monoisotopic (exact) mass is 293 g/mol. The summed E-state index contributed by atoms with van der Waals surface area (Å²) in [6.07, 6.45) is 0.0561. The molecule has 1 saturated heterocycles. The first-order valence-electron chi connectivity index (χ1n) is 6.51. The zero-order chi connectivity index (χ0) is 14.3. The standard InChI is InChI=1S/C11H23N3O4S/c1-13(8-9-14-6-4-12-5-7-14)19(17,18)10-2-3-11(15)16/h12H,2-10H2,1H3,(H,15,16). The minimum atomic E-state index is -3.33. The molecule has 1 heterocycles. The molecule has 1 fully saturated rings. The fourth-order valence-corrected chi connectivity index (χ4v) is 3.10. The maximum Gasteiger partial charge on any atom is 0.303 e. The minimum absolute atomic E-state index is 0.0998. The van der Waals surface area contributed by atoms with Crippen LogP contribution in [-0.4, -0.2) is 80.8 Å². The molecule has 0 aromatic heterocycles. The van der Waals surface area contributed by atoms with E-state index in [4.69, 9.17) is 5.11 Å². The maximum absolute atomic E-state index is 11.9. The number of carboxylic acids is 1. The first kappa shape index (κ1) is 16.4. The molecule has 0 unspecified atom stereocenters. The lowest BCUT2D eigenvalue weighted by Crippen LogP contribution is -2.46. The maximum atomic E-state index is 11.9. The van der Waals surface area contributed by atoms with Gasteiger partial charge in [0.2, 0.25) is 10.0 Å². The third-order valence-electron chi connectivity index (χ3n) is 3.21. The molecule has 7 nitrogen and oxygen atoms in total. The molecule has 19 heavy (non-hydrogen) atoms. The molecule has 112 valence electrons. The Morgan fingerprint density at radius 3 is 2.58 bits per heavy atom. The quantitative estimate of drug-likeness (QED) is 0.598. The SMILES string of the molecule is CN(CCN1CCNCC1)S(=O)(=O)CCCC(=O)O. The Morgan fingerprint density at radius 2 is 2.00 bits per heavy atom. The second-order valence-electron chi connectivity index (χ2n) is 4.73. The molecule has 8 heteroatoms. The lowest BCUT2D eigenvalue weighted by molar-refractivity contribution is -0.137. The van der Waals surface area contributed by atoms with E-state index in [1.807, 2.05) is 0 Å². The molecule has 0 amide bonds. The molecule has 0 aliphatic carbocycles. The van der Waals surface area contributed by atoms with Gasteiger partial charge in [-0.1, -0.05) is 0 Å². The molecular weight excluding hydrogens is 270 g/mol. The van der Waals surface area contributed by atoms with Gasteiger partial charge in [-0.25, -0.2) is 12.7 Å². The molecule has 1 rings (SSSR count). The summed E-state index contributed by atoms with van der Waals surface area (Å²) in [5.41, 5.74) is 0. The molecule has 2 N–H and O–H groups in total. The van der Waals surface area contributed by atoms with Gasteiger partial charge >= 0.3 is 5.97 Å². The molecule has 0 aromatic rings. The highest BCUT2D eigenvalue weighted by atomic mass is 32.2. The third kappa shape index (κ3) is 6.33. The van der Waals surface area contributed by atoms with Crippen molar-refractivity contribution in [3.05, 3.63) is 0 Å². The average Bonchev–Trinajstić information content (AvgIpc) is 2.36. The number of aliphatic carboxylic acids is 1. The van der Waals surface area contributed by atoms with Crippen LogP contribution >= 0.6 is 0 Å². The Hall–Kier alpha value is -0.700. The molecule has 0 spiro atoms. The van der Waals surface area contributed by atoms with E-state index in [9.17, 15) is 13.2 Å². The number of hydrogen-bond acceptors (Lipinski definition) is 5. The number of piperazine rings is 1. The summed E-state index contributed by atoms with van der Waals surface area (Å²) in [7, 11) is -1.78. The van der Waals surface area contributed by atoms with Crippen LogP contribution in [0, 0.1) is 0 Å². The normalized spacial score (nSPS) is 17.8. The number of rotatable bonds is 8. The Bertz CT molecular complexity index is 379. The van der Waals surface area contributed by atoms with E-state index in [0.29, 0.717) is 6.54 Å². The van der Waals surface area contributed by atoms with Crippen molar-refractivity contribution in [1.29, 1.82) is 0 Å². The third-order valence-corrected chi connectivity index (χ3v) is 5.15. The molecule has 0 aromatic carbocycles. The number of hydrogen-bond donors (Lipinski definition) is 2. The van der Waals surface area contributed by atoms with Gasteiger partial charge in [0.1, 0.15) is 0 Å². The van der Waals surface area contributed by atoms with Gasteiger partial charge in [0.05, 0.1) is 5.75 Å².